The second kappa shape index (κ2) is 4.74. The highest BCUT2D eigenvalue weighted by Gasteiger charge is 2.31. The molecule has 1 saturated heterocycles. The highest BCUT2D eigenvalue weighted by atomic mass is 79.9. The fourth-order valence-electron chi connectivity index (χ4n) is 1.99. The molecule has 1 aliphatic heterocycles. The molecule has 5 heteroatoms. The predicted octanol–water partition coefficient (Wildman–Crippen LogP) is 2.24. The SMILES string of the molecule is Cc1cc(N2CC(CO)CC2=O)c(F)cc1Br. The Kier molecular flexibility index (Phi) is 3.49. The molecule has 0 spiro atoms. The van der Waals surface area contributed by atoms with E-state index in [0.29, 0.717) is 16.7 Å². The van der Waals surface area contributed by atoms with Crippen LogP contribution in [0.2, 0.25) is 0 Å². The van der Waals surface area contributed by atoms with Gasteiger partial charge in [-0.2, -0.15) is 0 Å². The van der Waals surface area contributed by atoms with Crippen LogP contribution in [0.25, 0.3) is 0 Å². The van der Waals surface area contributed by atoms with Gasteiger partial charge in [-0.1, -0.05) is 15.9 Å². The summed E-state index contributed by atoms with van der Waals surface area (Å²) in [4.78, 5) is 13.1. The van der Waals surface area contributed by atoms with E-state index in [9.17, 15) is 9.18 Å². The maximum atomic E-state index is 13.8. The minimum Gasteiger partial charge on any atom is -0.396 e. The van der Waals surface area contributed by atoms with Crippen LogP contribution in [0.15, 0.2) is 16.6 Å². The van der Waals surface area contributed by atoms with Gasteiger partial charge in [0.2, 0.25) is 5.91 Å². The maximum absolute atomic E-state index is 13.8. The fourth-order valence-corrected chi connectivity index (χ4v) is 2.30. The van der Waals surface area contributed by atoms with Crippen molar-refractivity contribution in [3.63, 3.8) is 0 Å². The summed E-state index contributed by atoms with van der Waals surface area (Å²) < 4.78 is 14.5. The number of aryl methyl sites for hydroxylation is 1. The van der Waals surface area contributed by atoms with Crippen molar-refractivity contribution in [1.29, 1.82) is 0 Å². The molecule has 0 radical (unpaired) electrons. The average molecular weight is 302 g/mol. The van der Waals surface area contributed by atoms with E-state index < -0.39 is 5.82 Å². The van der Waals surface area contributed by atoms with Crippen LogP contribution in [0, 0.1) is 18.7 Å². The number of carbonyl (C=O) groups excluding carboxylic acids is 1. The molecule has 0 bridgehead atoms. The standard InChI is InChI=1S/C12H13BrFNO2/c1-7-2-11(10(14)4-9(7)13)15-5-8(6-16)3-12(15)17/h2,4,8,16H,3,5-6H2,1H3. The van der Waals surface area contributed by atoms with Crippen molar-refractivity contribution in [1.82, 2.24) is 0 Å². The Labute approximate surface area is 107 Å². The average Bonchev–Trinajstić information content (AvgIpc) is 2.65. The first-order valence-corrected chi connectivity index (χ1v) is 6.19. The summed E-state index contributed by atoms with van der Waals surface area (Å²) in [5, 5.41) is 9.04. The van der Waals surface area contributed by atoms with Crippen molar-refractivity contribution >= 4 is 27.5 Å². The molecule has 1 aromatic carbocycles. The van der Waals surface area contributed by atoms with Crippen LogP contribution in [-0.2, 0) is 4.79 Å². The van der Waals surface area contributed by atoms with Gasteiger partial charge in [-0.25, -0.2) is 4.39 Å². The maximum Gasteiger partial charge on any atom is 0.227 e. The molecule has 1 atom stereocenters. The normalized spacial score (nSPS) is 20.1. The van der Waals surface area contributed by atoms with E-state index in [1.807, 2.05) is 6.92 Å². The zero-order chi connectivity index (χ0) is 12.6. The van der Waals surface area contributed by atoms with Crippen LogP contribution < -0.4 is 4.90 Å². The molecule has 1 heterocycles. The summed E-state index contributed by atoms with van der Waals surface area (Å²) in [6.45, 7) is 2.18. The molecule has 1 aromatic rings. The number of amides is 1. The Balaban J connectivity index is 2.35. The first-order valence-electron chi connectivity index (χ1n) is 5.39. The molecule has 0 aromatic heterocycles. The van der Waals surface area contributed by atoms with Gasteiger partial charge in [0.1, 0.15) is 5.82 Å². The lowest BCUT2D eigenvalue weighted by Gasteiger charge is -2.18. The quantitative estimate of drug-likeness (QED) is 0.910. The number of aliphatic hydroxyl groups is 1. The minimum absolute atomic E-state index is 0.0423. The summed E-state index contributed by atoms with van der Waals surface area (Å²) in [6, 6.07) is 3.02. The van der Waals surface area contributed by atoms with Gasteiger partial charge >= 0.3 is 0 Å². The Bertz CT molecular complexity index is 464. The smallest absolute Gasteiger partial charge is 0.227 e. The summed E-state index contributed by atoms with van der Waals surface area (Å²) in [7, 11) is 0. The molecule has 3 nitrogen and oxygen atoms in total. The van der Waals surface area contributed by atoms with Crippen molar-refractivity contribution in [3.8, 4) is 0 Å². The van der Waals surface area contributed by atoms with Crippen molar-refractivity contribution in [2.75, 3.05) is 18.1 Å². The fraction of sp³-hybridized carbons (Fsp3) is 0.417. The number of halogens is 2. The summed E-state index contributed by atoms with van der Waals surface area (Å²) in [5.74, 6) is -0.648. The summed E-state index contributed by atoms with van der Waals surface area (Å²) >= 11 is 3.25. The van der Waals surface area contributed by atoms with Gasteiger partial charge in [-0.3, -0.25) is 4.79 Å². The zero-order valence-electron chi connectivity index (χ0n) is 9.41. The predicted molar refractivity (Wildman–Crippen MR) is 66.4 cm³/mol. The lowest BCUT2D eigenvalue weighted by Crippen LogP contribution is -2.26. The van der Waals surface area contributed by atoms with Crippen LogP contribution in [0.3, 0.4) is 0 Å². The molecule has 1 aliphatic rings. The zero-order valence-corrected chi connectivity index (χ0v) is 11.0. The second-order valence-corrected chi connectivity index (χ2v) is 5.16. The Morgan fingerprint density at radius 3 is 2.88 bits per heavy atom. The van der Waals surface area contributed by atoms with E-state index in [4.69, 9.17) is 5.11 Å². The van der Waals surface area contributed by atoms with E-state index in [0.717, 1.165) is 5.56 Å². The van der Waals surface area contributed by atoms with Gasteiger partial charge in [0.15, 0.2) is 0 Å². The van der Waals surface area contributed by atoms with E-state index in [-0.39, 0.29) is 24.9 Å². The van der Waals surface area contributed by atoms with Gasteiger partial charge in [0, 0.05) is 30.0 Å². The van der Waals surface area contributed by atoms with Gasteiger partial charge < -0.3 is 10.0 Å². The van der Waals surface area contributed by atoms with Crippen molar-refractivity contribution in [2.24, 2.45) is 5.92 Å². The third kappa shape index (κ3) is 2.35. The van der Waals surface area contributed by atoms with Crippen LogP contribution in [0.5, 0.6) is 0 Å². The highest BCUT2D eigenvalue weighted by molar-refractivity contribution is 9.10. The first kappa shape index (κ1) is 12.5. The largest absolute Gasteiger partial charge is 0.396 e. The molecule has 92 valence electrons. The topological polar surface area (TPSA) is 40.5 Å². The van der Waals surface area contributed by atoms with Gasteiger partial charge in [0.25, 0.3) is 0 Å². The van der Waals surface area contributed by atoms with Gasteiger partial charge in [-0.15, -0.1) is 0 Å². The van der Waals surface area contributed by atoms with E-state index >= 15 is 0 Å². The molecule has 0 saturated carbocycles. The van der Waals surface area contributed by atoms with E-state index in [1.165, 1.54) is 11.0 Å². The molecular formula is C12H13BrFNO2. The molecule has 1 unspecified atom stereocenters. The molecular weight excluding hydrogens is 289 g/mol. The number of anilines is 1. The molecule has 1 fully saturated rings. The minimum atomic E-state index is -0.422. The third-order valence-electron chi connectivity index (χ3n) is 2.98. The van der Waals surface area contributed by atoms with Gasteiger partial charge in [-0.05, 0) is 24.6 Å². The van der Waals surface area contributed by atoms with Crippen LogP contribution in [0.4, 0.5) is 10.1 Å². The molecule has 1 N–H and O–H groups in total. The Morgan fingerprint density at radius 1 is 1.59 bits per heavy atom. The number of carbonyl (C=O) groups is 1. The third-order valence-corrected chi connectivity index (χ3v) is 3.84. The number of hydrogen-bond donors (Lipinski definition) is 1. The monoisotopic (exact) mass is 301 g/mol. The van der Waals surface area contributed by atoms with E-state index in [1.54, 1.807) is 6.07 Å². The number of hydrogen-bond acceptors (Lipinski definition) is 2. The highest BCUT2D eigenvalue weighted by Crippen LogP contribution is 2.31. The molecule has 2 rings (SSSR count). The lowest BCUT2D eigenvalue weighted by atomic mass is 10.1. The van der Waals surface area contributed by atoms with Gasteiger partial charge in [0.05, 0.1) is 5.69 Å². The molecule has 1 amide bonds. The number of nitrogens with zero attached hydrogens (tertiary/aromatic N) is 1. The Hall–Kier alpha value is -0.940. The Morgan fingerprint density at radius 2 is 2.29 bits per heavy atom. The number of benzene rings is 1. The van der Waals surface area contributed by atoms with Crippen LogP contribution in [-0.4, -0.2) is 24.2 Å². The van der Waals surface area contributed by atoms with Crippen LogP contribution >= 0.6 is 15.9 Å². The number of rotatable bonds is 2. The summed E-state index contributed by atoms with van der Waals surface area (Å²) in [6.07, 6.45) is 0.283. The summed E-state index contributed by atoms with van der Waals surface area (Å²) in [5.41, 5.74) is 1.17. The van der Waals surface area contributed by atoms with Crippen LogP contribution in [0.1, 0.15) is 12.0 Å². The van der Waals surface area contributed by atoms with E-state index in [2.05, 4.69) is 15.9 Å². The molecule has 17 heavy (non-hydrogen) atoms. The van der Waals surface area contributed by atoms with Crippen molar-refractivity contribution < 1.29 is 14.3 Å². The lowest BCUT2D eigenvalue weighted by molar-refractivity contribution is -0.117. The number of aliphatic hydroxyl groups excluding tert-OH is 1. The molecule has 0 aliphatic carbocycles. The second-order valence-electron chi connectivity index (χ2n) is 4.31. The van der Waals surface area contributed by atoms with Crippen molar-refractivity contribution in [2.45, 2.75) is 13.3 Å². The first-order chi connectivity index (χ1) is 8.02. The van der Waals surface area contributed by atoms with Crippen molar-refractivity contribution in [3.05, 3.63) is 28.0 Å².